The predicted molar refractivity (Wildman–Crippen MR) is 77.8 cm³/mol. The molecule has 1 aliphatic heterocycles. The van der Waals surface area contributed by atoms with Crippen molar-refractivity contribution in [3.05, 3.63) is 35.4 Å². The van der Waals surface area contributed by atoms with Gasteiger partial charge in [0.05, 0.1) is 6.04 Å². The zero-order chi connectivity index (χ0) is 14.0. The van der Waals surface area contributed by atoms with E-state index in [0.717, 1.165) is 18.4 Å². The normalized spacial score (nSPS) is 24.1. The fourth-order valence-corrected chi connectivity index (χ4v) is 2.91. The Morgan fingerprint density at radius 3 is 2.47 bits per heavy atom. The maximum absolute atomic E-state index is 12.2. The van der Waals surface area contributed by atoms with Gasteiger partial charge in [-0.3, -0.25) is 4.79 Å². The zero-order valence-corrected chi connectivity index (χ0v) is 12.1. The lowest BCUT2D eigenvalue weighted by Gasteiger charge is -2.42. The molecular weight excluding hydrogens is 236 g/mol. The Morgan fingerprint density at radius 1 is 1.32 bits per heavy atom. The number of amides is 1. The van der Waals surface area contributed by atoms with Crippen molar-refractivity contribution in [2.75, 3.05) is 0 Å². The summed E-state index contributed by atoms with van der Waals surface area (Å²) in [6.45, 7) is 6.26. The Hall–Kier alpha value is -1.35. The van der Waals surface area contributed by atoms with E-state index in [1.165, 1.54) is 5.56 Å². The second-order valence-corrected chi connectivity index (χ2v) is 5.64. The lowest BCUT2D eigenvalue weighted by Crippen LogP contribution is -2.51. The number of aryl methyl sites for hydroxylation is 1. The summed E-state index contributed by atoms with van der Waals surface area (Å²) in [5.41, 5.74) is 8.75. The SMILES string of the molecule is CCc1ccc(C2C(N)CCC(=O)N2C(C)C)cc1. The number of hydrogen-bond acceptors (Lipinski definition) is 2. The molecule has 1 aromatic carbocycles. The van der Waals surface area contributed by atoms with Gasteiger partial charge < -0.3 is 10.6 Å². The molecule has 0 aromatic heterocycles. The van der Waals surface area contributed by atoms with Crippen LogP contribution in [0.1, 0.15) is 50.8 Å². The number of carbonyl (C=O) groups is 1. The van der Waals surface area contributed by atoms with E-state index in [1.54, 1.807) is 0 Å². The van der Waals surface area contributed by atoms with Gasteiger partial charge in [0, 0.05) is 18.5 Å². The molecule has 104 valence electrons. The molecule has 1 amide bonds. The highest BCUT2D eigenvalue weighted by atomic mass is 16.2. The fourth-order valence-electron chi connectivity index (χ4n) is 2.91. The van der Waals surface area contributed by atoms with Gasteiger partial charge in [-0.2, -0.15) is 0 Å². The van der Waals surface area contributed by atoms with Crippen LogP contribution in [0, 0.1) is 0 Å². The highest BCUT2D eigenvalue weighted by Crippen LogP contribution is 2.32. The van der Waals surface area contributed by atoms with Crippen LogP contribution < -0.4 is 5.73 Å². The molecule has 1 heterocycles. The summed E-state index contributed by atoms with van der Waals surface area (Å²) < 4.78 is 0. The summed E-state index contributed by atoms with van der Waals surface area (Å²) in [5.74, 6) is 0.223. The first-order valence-corrected chi connectivity index (χ1v) is 7.20. The molecule has 2 rings (SSSR count). The summed E-state index contributed by atoms with van der Waals surface area (Å²) in [5, 5.41) is 0. The van der Waals surface area contributed by atoms with E-state index >= 15 is 0 Å². The Labute approximate surface area is 115 Å². The van der Waals surface area contributed by atoms with Gasteiger partial charge in [-0.05, 0) is 37.8 Å². The van der Waals surface area contributed by atoms with Crippen LogP contribution in [-0.4, -0.2) is 22.9 Å². The van der Waals surface area contributed by atoms with Crippen LogP contribution in [-0.2, 0) is 11.2 Å². The van der Waals surface area contributed by atoms with Crippen molar-refractivity contribution in [3.63, 3.8) is 0 Å². The van der Waals surface area contributed by atoms with Crippen LogP contribution in [0.5, 0.6) is 0 Å². The second-order valence-electron chi connectivity index (χ2n) is 5.64. The first-order valence-electron chi connectivity index (χ1n) is 7.20. The summed E-state index contributed by atoms with van der Waals surface area (Å²) in [6.07, 6.45) is 2.38. The van der Waals surface area contributed by atoms with E-state index in [1.807, 2.05) is 4.90 Å². The van der Waals surface area contributed by atoms with Crippen LogP contribution in [0.3, 0.4) is 0 Å². The molecule has 0 spiro atoms. The van der Waals surface area contributed by atoms with Crippen molar-refractivity contribution in [1.29, 1.82) is 0 Å². The molecule has 19 heavy (non-hydrogen) atoms. The third kappa shape index (κ3) is 2.81. The number of likely N-dealkylation sites (tertiary alicyclic amines) is 1. The van der Waals surface area contributed by atoms with Crippen molar-refractivity contribution in [3.8, 4) is 0 Å². The zero-order valence-electron chi connectivity index (χ0n) is 12.1. The van der Waals surface area contributed by atoms with E-state index in [9.17, 15) is 4.79 Å². The van der Waals surface area contributed by atoms with Gasteiger partial charge in [-0.1, -0.05) is 31.2 Å². The minimum Gasteiger partial charge on any atom is -0.332 e. The average Bonchev–Trinajstić information content (AvgIpc) is 2.41. The van der Waals surface area contributed by atoms with Gasteiger partial charge in [0.25, 0.3) is 0 Å². The number of benzene rings is 1. The van der Waals surface area contributed by atoms with Gasteiger partial charge in [-0.15, -0.1) is 0 Å². The highest BCUT2D eigenvalue weighted by molar-refractivity contribution is 5.78. The molecule has 3 heteroatoms. The van der Waals surface area contributed by atoms with Gasteiger partial charge in [0.15, 0.2) is 0 Å². The Balaban J connectivity index is 2.33. The van der Waals surface area contributed by atoms with Crippen molar-refractivity contribution >= 4 is 5.91 Å². The molecule has 0 radical (unpaired) electrons. The summed E-state index contributed by atoms with van der Waals surface area (Å²) in [4.78, 5) is 14.1. The van der Waals surface area contributed by atoms with Gasteiger partial charge in [-0.25, -0.2) is 0 Å². The monoisotopic (exact) mass is 260 g/mol. The molecule has 0 aliphatic carbocycles. The van der Waals surface area contributed by atoms with Crippen molar-refractivity contribution < 1.29 is 4.79 Å². The minimum absolute atomic E-state index is 0.0205. The molecule has 2 N–H and O–H groups in total. The fraction of sp³-hybridized carbons (Fsp3) is 0.562. The van der Waals surface area contributed by atoms with Gasteiger partial charge in [0.1, 0.15) is 0 Å². The Bertz CT molecular complexity index is 439. The second kappa shape index (κ2) is 5.74. The molecule has 2 atom stereocenters. The molecule has 0 bridgehead atoms. The highest BCUT2D eigenvalue weighted by Gasteiger charge is 2.36. The van der Waals surface area contributed by atoms with E-state index in [2.05, 4.69) is 45.0 Å². The third-order valence-corrected chi connectivity index (χ3v) is 3.97. The quantitative estimate of drug-likeness (QED) is 0.908. The van der Waals surface area contributed by atoms with Gasteiger partial charge in [0.2, 0.25) is 5.91 Å². The number of nitrogens with zero attached hydrogens (tertiary/aromatic N) is 1. The summed E-state index contributed by atoms with van der Waals surface area (Å²) in [6, 6.07) is 8.77. The molecule has 1 aromatic rings. The smallest absolute Gasteiger partial charge is 0.223 e. The lowest BCUT2D eigenvalue weighted by molar-refractivity contribution is -0.139. The maximum Gasteiger partial charge on any atom is 0.223 e. The minimum atomic E-state index is 0.0205. The third-order valence-electron chi connectivity index (χ3n) is 3.97. The van der Waals surface area contributed by atoms with Gasteiger partial charge >= 0.3 is 0 Å². The molecule has 1 aliphatic rings. The molecular formula is C16H24N2O. The largest absolute Gasteiger partial charge is 0.332 e. The van der Waals surface area contributed by atoms with Crippen LogP contribution in [0.15, 0.2) is 24.3 Å². The Morgan fingerprint density at radius 2 is 1.95 bits per heavy atom. The molecule has 3 nitrogen and oxygen atoms in total. The van der Waals surface area contributed by atoms with E-state index in [-0.39, 0.29) is 24.0 Å². The first-order chi connectivity index (χ1) is 9.04. The standard InChI is InChI=1S/C16H24N2O/c1-4-12-5-7-13(8-6-12)16-14(17)9-10-15(19)18(16)11(2)3/h5-8,11,14,16H,4,9-10,17H2,1-3H3. The van der Waals surface area contributed by atoms with Crippen LogP contribution in [0.2, 0.25) is 0 Å². The number of piperidine rings is 1. The van der Waals surface area contributed by atoms with E-state index in [4.69, 9.17) is 5.73 Å². The average molecular weight is 260 g/mol. The number of nitrogens with two attached hydrogens (primary N) is 1. The van der Waals surface area contributed by atoms with E-state index < -0.39 is 0 Å². The lowest BCUT2D eigenvalue weighted by atomic mass is 9.89. The van der Waals surface area contributed by atoms with E-state index in [0.29, 0.717) is 6.42 Å². The first kappa shape index (κ1) is 14.1. The molecule has 2 unspecified atom stereocenters. The maximum atomic E-state index is 12.2. The van der Waals surface area contributed by atoms with Crippen LogP contribution in [0.4, 0.5) is 0 Å². The predicted octanol–water partition coefficient (Wildman–Crippen LogP) is 2.65. The summed E-state index contributed by atoms with van der Waals surface area (Å²) in [7, 11) is 0. The van der Waals surface area contributed by atoms with Crippen molar-refractivity contribution in [2.45, 2.75) is 58.2 Å². The topological polar surface area (TPSA) is 46.3 Å². The van der Waals surface area contributed by atoms with Crippen LogP contribution >= 0.6 is 0 Å². The molecule has 1 saturated heterocycles. The summed E-state index contributed by atoms with van der Waals surface area (Å²) >= 11 is 0. The van der Waals surface area contributed by atoms with Crippen molar-refractivity contribution in [2.24, 2.45) is 5.73 Å². The number of rotatable bonds is 3. The van der Waals surface area contributed by atoms with Crippen LogP contribution in [0.25, 0.3) is 0 Å². The molecule has 0 saturated carbocycles. The van der Waals surface area contributed by atoms with Crippen molar-refractivity contribution in [1.82, 2.24) is 4.90 Å². The number of carbonyl (C=O) groups excluding carboxylic acids is 1. The number of hydrogen-bond donors (Lipinski definition) is 1. The molecule has 1 fully saturated rings. The Kier molecular flexibility index (Phi) is 4.25.